The molecule has 0 aliphatic rings. The molecule has 6 nitrogen and oxygen atoms in total. The fraction of sp³-hybridized carbons (Fsp3) is 0.263. The molecular formula is C19H21ClN2O4. The molecule has 1 atom stereocenters. The maximum atomic E-state index is 12.1. The molecule has 1 amide bonds. The van der Waals surface area contributed by atoms with Crippen LogP contribution in [0.2, 0.25) is 0 Å². The Morgan fingerprint density at radius 2 is 1.62 bits per heavy atom. The number of carboxylic acids is 1. The van der Waals surface area contributed by atoms with Gasteiger partial charge in [-0.05, 0) is 53.6 Å². The summed E-state index contributed by atoms with van der Waals surface area (Å²) in [6.07, 6.45) is 0.583. The minimum Gasteiger partial charge on any atom is -0.481 e. The second-order valence-electron chi connectivity index (χ2n) is 5.98. The van der Waals surface area contributed by atoms with E-state index in [0.29, 0.717) is 17.9 Å². The number of amides is 1. The molecule has 0 heterocycles. The highest BCUT2D eigenvalue weighted by Gasteiger charge is 2.21. The molecule has 2 aromatic rings. The Labute approximate surface area is 157 Å². The molecule has 0 bridgehead atoms. The fourth-order valence-electron chi connectivity index (χ4n) is 2.35. The average molecular weight is 377 g/mol. The smallest absolute Gasteiger partial charge is 0.303 e. The van der Waals surface area contributed by atoms with Crippen LogP contribution < -0.4 is 9.57 Å². The minimum absolute atomic E-state index is 0.100. The summed E-state index contributed by atoms with van der Waals surface area (Å²) in [5.74, 6) is 0.305. The summed E-state index contributed by atoms with van der Waals surface area (Å²) >= 11 is 5.71. The Bertz CT molecular complexity index is 745. The molecule has 0 saturated carbocycles. The first-order valence-electron chi connectivity index (χ1n) is 8.06. The molecular weight excluding hydrogens is 356 g/mol. The van der Waals surface area contributed by atoms with Gasteiger partial charge in [0.05, 0.1) is 0 Å². The number of ether oxygens (including phenoxy) is 1. The summed E-state index contributed by atoms with van der Waals surface area (Å²) in [6, 6.07) is 13.7. The Kier molecular flexibility index (Phi) is 7.00. The van der Waals surface area contributed by atoms with Crippen molar-refractivity contribution >= 4 is 23.7 Å². The third-order valence-corrected chi connectivity index (χ3v) is 4.02. The molecule has 26 heavy (non-hydrogen) atoms. The van der Waals surface area contributed by atoms with Crippen molar-refractivity contribution in [1.29, 1.82) is 0 Å². The number of carbonyl (C=O) groups is 2. The van der Waals surface area contributed by atoms with Gasteiger partial charge in [0, 0.05) is 20.5 Å². The molecule has 0 aromatic heterocycles. The highest BCUT2D eigenvalue weighted by atomic mass is 35.5. The summed E-state index contributed by atoms with van der Waals surface area (Å²) in [5.41, 5.74) is 1.67. The fourth-order valence-corrected chi connectivity index (χ4v) is 2.57. The number of aliphatic carboxylic acids is 1. The first-order chi connectivity index (χ1) is 12.4. The van der Waals surface area contributed by atoms with Gasteiger partial charge in [0.2, 0.25) is 5.91 Å². The largest absolute Gasteiger partial charge is 0.481 e. The second-order valence-corrected chi connectivity index (χ2v) is 6.20. The van der Waals surface area contributed by atoms with E-state index in [9.17, 15) is 9.59 Å². The molecule has 0 spiro atoms. The van der Waals surface area contributed by atoms with E-state index in [2.05, 4.69) is 4.84 Å². The lowest BCUT2D eigenvalue weighted by Crippen LogP contribution is -2.33. The van der Waals surface area contributed by atoms with Crippen LogP contribution >= 0.6 is 11.8 Å². The molecule has 0 fully saturated rings. The molecule has 0 saturated heterocycles. The van der Waals surface area contributed by atoms with E-state index in [1.165, 1.54) is 4.90 Å². The number of nitrogens with zero attached hydrogens (tertiary/aromatic N) is 1. The molecule has 2 N–H and O–H groups in total. The molecule has 2 aromatic carbocycles. The topological polar surface area (TPSA) is 78.9 Å². The predicted octanol–water partition coefficient (Wildman–Crippen LogP) is 3.37. The zero-order valence-corrected chi connectivity index (χ0v) is 15.4. The lowest BCUT2D eigenvalue weighted by atomic mass is 10.1. The summed E-state index contributed by atoms with van der Waals surface area (Å²) in [7, 11) is 3.34. The van der Waals surface area contributed by atoms with Crippen LogP contribution in [-0.2, 0) is 16.0 Å². The highest BCUT2D eigenvalue weighted by molar-refractivity contribution is 6.15. The van der Waals surface area contributed by atoms with Crippen molar-refractivity contribution in [1.82, 2.24) is 9.74 Å². The number of rotatable bonds is 8. The van der Waals surface area contributed by atoms with E-state index in [1.807, 2.05) is 12.1 Å². The van der Waals surface area contributed by atoms with Crippen molar-refractivity contribution in [3.8, 4) is 11.5 Å². The van der Waals surface area contributed by atoms with E-state index in [4.69, 9.17) is 21.6 Å². The number of nitrogens with one attached hydrogen (secondary N) is 1. The maximum Gasteiger partial charge on any atom is 0.303 e. The van der Waals surface area contributed by atoms with Gasteiger partial charge in [-0.3, -0.25) is 9.59 Å². The Balaban J connectivity index is 2.02. The lowest BCUT2D eigenvalue weighted by molar-refractivity contribution is -0.137. The number of hydrogen-bond acceptors (Lipinski definition) is 4. The SMILES string of the molecule is CN(C)C(=O)C(NCl)c1ccc(Oc2ccc(CCC(=O)O)cc2)cc1. The highest BCUT2D eigenvalue weighted by Crippen LogP contribution is 2.25. The van der Waals surface area contributed by atoms with Crippen LogP contribution in [0.5, 0.6) is 11.5 Å². The molecule has 138 valence electrons. The van der Waals surface area contributed by atoms with Crippen molar-refractivity contribution in [3.63, 3.8) is 0 Å². The van der Waals surface area contributed by atoms with Crippen molar-refractivity contribution in [3.05, 3.63) is 59.7 Å². The van der Waals surface area contributed by atoms with Gasteiger partial charge in [-0.1, -0.05) is 24.3 Å². The van der Waals surface area contributed by atoms with Gasteiger partial charge in [-0.15, -0.1) is 0 Å². The van der Waals surface area contributed by atoms with E-state index in [0.717, 1.165) is 11.1 Å². The van der Waals surface area contributed by atoms with Gasteiger partial charge in [0.15, 0.2) is 0 Å². The number of hydrogen-bond donors (Lipinski definition) is 2. The van der Waals surface area contributed by atoms with Crippen LogP contribution in [0, 0.1) is 0 Å². The van der Waals surface area contributed by atoms with Gasteiger partial charge in [0.1, 0.15) is 17.5 Å². The van der Waals surface area contributed by atoms with Crippen molar-refractivity contribution in [2.45, 2.75) is 18.9 Å². The maximum absolute atomic E-state index is 12.1. The van der Waals surface area contributed by atoms with Crippen molar-refractivity contribution in [2.75, 3.05) is 14.1 Å². The van der Waals surface area contributed by atoms with Crippen LogP contribution in [0.25, 0.3) is 0 Å². The quantitative estimate of drug-likeness (QED) is 0.690. The Morgan fingerprint density at radius 3 is 2.08 bits per heavy atom. The van der Waals surface area contributed by atoms with Gasteiger partial charge in [-0.2, -0.15) is 0 Å². The molecule has 1 unspecified atom stereocenters. The summed E-state index contributed by atoms with van der Waals surface area (Å²) in [4.78, 5) is 26.6. The first kappa shape index (κ1) is 19.8. The van der Waals surface area contributed by atoms with Gasteiger partial charge < -0.3 is 14.7 Å². The zero-order chi connectivity index (χ0) is 19.1. The standard InChI is InChI=1S/C19H21ClN2O4/c1-22(2)19(25)18(21-20)14-6-10-16(11-7-14)26-15-8-3-13(4-9-15)5-12-17(23)24/h3-4,6-11,18,21H,5,12H2,1-2H3,(H,23,24). The lowest BCUT2D eigenvalue weighted by Gasteiger charge is -2.19. The number of aryl methyl sites for hydroxylation is 1. The third kappa shape index (κ3) is 5.47. The molecule has 2 rings (SSSR count). The number of carboxylic acid groups (broad SMARTS) is 1. The predicted molar refractivity (Wildman–Crippen MR) is 99.3 cm³/mol. The van der Waals surface area contributed by atoms with Crippen LogP contribution in [-0.4, -0.2) is 36.0 Å². The Hall–Kier alpha value is -2.57. The monoisotopic (exact) mass is 376 g/mol. The summed E-state index contributed by atoms with van der Waals surface area (Å²) in [5, 5.41) is 8.71. The van der Waals surface area contributed by atoms with E-state index in [1.54, 1.807) is 50.5 Å². The van der Waals surface area contributed by atoms with Crippen molar-refractivity contribution in [2.24, 2.45) is 0 Å². The molecule has 0 aliphatic heterocycles. The van der Waals surface area contributed by atoms with Crippen LogP contribution in [0.1, 0.15) is 23.6 Å². The number of likely N-dealkylation sites (N-methyl/N-ethyl adjacent to an activating group) is 1. The number of benzene rings is 2. The Morgan fingerprint density at radius 1 is 1.08 bits per heavy atom. The van der Waals surface area contributed by atoms with Crippen LogP contribution in [0.4, 0.5) is 0 Å². The normalized spacial score (nSPS) is 11.7. The third-order valence-electron chi connectivity index (χ3n) is 3.80. The minimum atomic E-state index is -0.817. The van der Waals surface area contributed by atoms with Crippen molar-refractivity contribution < 1.29 is 19.4 Å². The number of halogens is 1. The molecule has 0 aliphatic carbocycles. The summed E-state index contributed by atoms with van der Waals surface area (Å²) < 4.78 is 5.77. The van der Waals surface area contributed by atoms with E-state index < -0.39 is 12.0 Å². The second kappa shape index (κ2) is 9.22. The molecule has 7 heteroatoms. The average Bonchev–Trinajstić information content (AvgIpc) is 2.63. The van der Waals surface area contributed by atoms with Gasteiger partial charge >= 0.3 is 5.97 Å². The van der Waals surface area contributed by atoms with E-state index >= 15 is 0 Å². The molecule has 0 radical (unpaired) electrons. The van der Waals surface area contributed by atoms with Gasteiger partial charge in [-0.25, -0.2) is 4.84 Å². The first-order valence-corrected chi connectivity index (χ1v) is 8.44. The van der Waals surface area contributed by atoms with E-state index in [-0.39, 0.29) is 12.3 Å². The van der Waals surface area contributed by atoms with Gasteiger partial charge in [0.25, 0.3) is 0 Å². The number of carbonyl (C=O) groups excluding carboxylic acids is 1. The van der Waals surface area contributed by atoms with Crippen LogP contribution in [0.3, 0.4) is 0 Å². The van der Waals surface area contributed by atoms with Crippen LogP contribution in [0.15, 0.2) is 48.5 Å². The zero-order valence-electron chi connectivity index (χ0n) is 14.6. The summed E-state index contributed by atoms with van der Waals surface area (Å²) in [6.45, 7) is 0.